The van der Waals surface area contributed by atoms with E-state index in [0.29, 0.717) is 6.54 Å². The average molecular weight is 546 g/mol. The van der Waals surface area contributed by atoms with Gasteiger partial charge in [-0.05, 0) is 65.9 Å². The van der Waals surface area contributed by atoms with Gasteiger partial charge in [-0.3, -0.25) is 4.79 Å². The summed E-state index contributed by atoms with van der Waals surface area (Å²) >= 11 is 0. The van der Waals surface area contributed by atoms with E-state index < -0.39 is 39.7 Å². The van der Waals surface area contributed by atoms with Gasteiger partial charge in [-0.15, -0.1) is 0 Å². The maximum Gasteiger partial charge on any atom is 0.251 e. The van der Waals surface area contributed by atoms with Crippen LogP contribution >= 0.6 is 0 Å². The fourth-order valence-electron chi connectivity index (χ4n) is 3.97. The summed E-state index contributed by atoms with van der Waals surface area (Å²) in [5, 5.41) is 16.8. The number of aliphatic hydroxyl groups excluding tert-OH is 1. The fraction of sp³-hybridized carbons (Fsp3) is 0.321. The zero-order valence-electron chi connectivity index (χ0n) is 21.6. The highest BCUT2D eigenvalue weighted by Gasteiger charge is 2.24. The van der Waals surface area contributed by atoms with Crippen molar-refractivity contribution < 1.29 is 27.1 Å². The molecular formula is C28H33F2N3O4S. The standard InChI is InChI=1S/C28H33F2N3O4S/c1-4-19-6-5-7-20(12-19)17-31-18-27(34)26(15-21-13-23(29)16-24(30)14-21)32-28(35)22-8-10-25(11-9-22)38(36,37)33(2)3/h5-14,16,26-27,31,34H,4,15,17-18H2,1-3H3,(H,32,35). The van der Waals surface area contributed by atoms with Gasteiger partial charge in [-0.25, -0.2) is 21.5 Å². The minimum absolute atomic E-state index is 0.0261. The van der Waals surface area contributed by atoms with Crippen LogP contribution in [0.15, 0.2) is 71.6 Å². The number of carbonyl (C=O) groups excluding carboxylic acids is 1. The minimum atomic E-state index is -3.66. The molecule has 0 saturated heterocycles. The van der Waals surface area contributed by atoms with Crippen LogP contribution in [-0.2, 0) is 29.4 Å². The van der Waals surface area contributed by atoms with Crippen molar-refractivity contribution in [3.63, 3.8) is 0 Å². The third kappa shape index (κ3) is 7.91. The van der Waals surface area contributed by atoms with Crippen LogP contribution in [0.25, 0.3) is 0 Å². The first kappa shape index (κ1) is 29.4. The highest BCUT2D eigenvalue weighted by atomic mass is 32.2. The number of aryl methyl sites for hydroxylation is 1. The molecule has 3 rings (SSSR count). The van der Waals surface area contributed by atoms with E-state index in [2.05, 4.69) is 23.6 Å². The summed E-state index contributed by atoms with van der Waals surface area (Å²) in [6.45, 7) is 2.66. The van der Waals surface area contributed by atoms with Crippen LogP contribution in [0.4, 0.5) is 8.78 Å². The number of sulfonamides is 1. The van der Waals surface area contributed by atoms with Crippen molar-refractivity contribution >= 4 is 15.9 Å². The quantitative estimate of drug-likeness (QED) is 0.325. The van der Waals surface area contributed by atoms with Crippen LogP contribution in [0.2, 0.25) is 0 Å². The van der Waals surface area contributed by atoms with Crippen LogP contribution in [-0.4, -0.2) is 56.5 Å². The van der Waals surface area contributed by atoms with Crippen LogP contribution < -0.4 is 10.6 Å². The molecule has 0 bridgehead atoms. The molecule has 1 amide bonds. The van der Waals surface area contributed by atoms with Crippen molar-refractivity contribution in [3.05, 3.63) is 101 Å². The molecule has 7 nitrogen and oxygen atoms in total. The van der Waals surface area contributed by atoms with Gasteiger partial charge >= 0.3 is 0 Å². The van der Waals surface area contributed by atoms with Gasteiger partial charge in [0.15, 0.2) is 0 Å². The summed E-state index contributed by atoms with van der Waals surface area (Å²) in [7, 11) is -0.843. The highest BCUT2D eigenvalue weighted by Crippen LogP contribution is 2.16. The Morgan fingerprint density at radius 3 is 2.18 bits per heavy atom. The molecule has 38 heavy (non-hydrogen) atoms. The Balaban J connectivity index is 1.74. The topological polar surface area (TPSA) is 98.7 Å². The van der Waals surface area contributed by atoms with Gasteiger partial charge in [-0.1, -0.05) is 31.2 Å². The summed E-state index contributed by atoms with van der Waals surface area (Å²) in [4.78, 5) is 13.0. The van der Waals surface area contributed by atoms with Gasteiger partial charge in [-0.2, -0.15) is 0 Å². The maximum absolute atomic E-state index is 13.8. The first-order chi connectivity index (χ1) is 18.0. The lowest BCUT2D eigenvalue weighted by atomic mass is 10.00. The molecule has 0 radical (unpaired) electrons. The first-order valence-electron chi connectivity index (χ1n) is 12.2. The number of nitrogens with zero attached hydrogens (tertiary/aromatic N) is 1. The van der Waals surface area contributed by atoms with E-state index in [1.54, 1.807) is 0 Å². The molecule has 2 atom stereocenters. The van der Waals surface area contributed by atoms with Gasteiger partial charge < -0.3 is 15.7 Å². The van der Waals surface area contributed by atoms with E-state index >= 15 is 0 Å². The molecule has 0 aliphatic heterocycles. The Morgan fingerprint density at radius 2 is 1.58 bits per heavy atom. The van der Waals surface area contributed by atoms with Gasteiger partial charge in [0, 0.05) is 38.8 Å². The fourth-order valence-corrected chi connectivity index (χ4v) is 4.87. The van der Waals surface area contributed by atoms with Gasteiger partial charge in [0.2, 0.25) is 10.0 Å². The average Bonchev–Trinajstić information content (AvgIpc) is 2.87. The van der Waals surface area contributed by atoms with Crippen LogP contribution in [0.1, 0.15) is 34.0 Å². The Morgan fingerprint density at radius 1 is 0.947 bits per heavy atom. The number of aliphatic hydroxyl groups is 1. The number of halogens is 2. The molecule has 0 aliphatic rings. The van der Waals surface area contributed by atoms with E-state index in [4.69, 9.17) is 0 Å². The molecule has 10 heteroatoms. The number of carbonyl (C=O) groups is 1. The second kappa shape index (κ2) is 13.1. The smallest absolute Gasteiger partial charge is 0.251 e. The third-order valence-electron chi connectivity index (χ3n) is 6.14. The first-order valence-corrected chi connectivity index (χ1v) is 13.7. The largest absolute Gasteiger partial charge is 0.390 e. The van der Waals surface area contributed by atoms with Gasteiger partial charge in [0.05, 0.1) is 17.0 Å². The normalized spacial score (nSPS) is 13.3. The minimum Gasteiger partial charge on any atom is -0.390 e. The van der Waals surface area contributed by atoms with Crippen molar-refractivity contribution in [1.29, 1.82) is 0 Å². The lowest BCUT2D eigenvalue weighted by molar-refractivity contribution is 0.0829. The lowest BCUT2D eigenvalue weighted by Crippen LogP contribution is -2.48. The molecule has 0 fully saturated rings. The second-order valence-corrected chi connectivity index (χ2v) is 11.4. The van der Waals surface area contributed by atoms with E-state index in [0.717, 1.165) is 34.5 Å². The predicted molar refractivity (Wildman–Crippen MR) is 142 cm³/mol. The zero-order chi connectivity index (χ0) is 27.9. The Labute approximate surface area is 222 Å². The molecule has 3 aromatic rings. The summed E-state index contributed by atoms with van der Waals surface area (Å²) in [6, 6.07) is 15.6. The Hall–Kier alpha value is -3.18. The van der Waals surface area contributed by atoms with Crippen LogP contribution in [0, 0.1) is 11.6 Å². The molecule has 2 unspecified atom stereocenters. The molecule has 0 heterocycles. The SMILES string of the molecule is CCc1cccc(CNCC(O)C(Cc2cc(F)cc(F)c2)NC(=O)c2ccc(S(=O)(=O)N(C)C)cc2)c1. The third-order valence-corrected chi connectivity index (χ3v) is 7.97. The molecule has 0 spiro atoms. The van der Waals surface area contributed by atoms with Crippen molar-refractivity contribution in [3.8, 4) is 0 Å². The zero-order valence-corrected chi connectivity index (χ0v) is 22.4. The van der Waals surface area contributed by atoms with E-state index in [1.807, 2.05) is 18.2 Å². The number of benzene rings is 3. The lowest BCUT2D eigenvalue weighted by Gasteiger charge is -2.25. The molecular weight excluding hydrogens is 512 g/mol. The number of nitrogens with one attached hydrogen (secondary N) is 2. The van der Waals surface area contributed by atoms with Crippen molar-refractivity contribution in [1.82, 2.24) is 14.9 Å². The molecule has 3 N–H and O–H groups in total. The Kier molecular flexibility index (Phi) is 10.1. The summed E-state index contributed by atoms with van der Waals surface area (Å²) < 4.78 is 53.3. The number of amides is 1. The monoisotopic (exact) mass is 545 g/mol. The van der Waals surface area contributed by atoms with Gasteiger partial charge in [0.25, 0.3) is 5.91 Å². The maximum atomic E-state index is 13.8. The molecule has 3 aromatic carbocycles. The summed E-state index contributed by atoms with van der Waals surface area (Å²) in [6.07, 6.45) is -0.216. The van der Waals surface area contributed by atoms with Crippen molar-refractivity contribution in [2.45, 2.75) is 43.4 Å². The van der Waals surface area contributed by atoms with Crippen molar-refractivity contribution in [2.24, 2.45) is 0 Å². The second-order valence-electron chi connectivity index (χ2n) is 9.25. The van der Waals surface area contributed by atoms with Gasteiger partial charge in [0.1, 0.15) is 11.6 Å². The van der Waals surface area contributed by atoms with E-state index in [-0.39, 0.29) is 29.0 Å². The predicted octanol–water partition coefficient (Wildman–Crippen LogP) is 3.27. The molecule has 0 aromatic heterocycles. The number of hydrogen-bond acceptors (Lipinski definition) is 5. The van der Waals surface area contributed by atoms with E-state index in [1.165, 1.54) is 43.9 Å². The molecule has 0 saturated carbocycles. The van der Waals surface area contributed by atoms with Crippen LogP contribution in [0.3, 0.4) is 0 Å². The number of rotatable bonds is 12. The molecule has 204 valence electrons. The van der Waals surface area contributed by atoms with E-state index in [9.17, 15) is 27.1 Å². The number of hydrogen-bond donors (Lipinski definition) is 3. The highest BCUT2D eigenvalue weighted by molar-refractivity contribution is 7.89. The van der Waals surface area contributed by atoms with Crippen molar-refractivity contribution in [2.75, 3.05) is 20.6 Å². The summed E-state index contributed by atoms with van der Waals surface area (Å²) in [5.41, 5.74) is 2.68. The summed E-state index contributed by atoms with van der Waals surface area (Å²) in [5.74, 6) is -2.08. The van der Waals surface area contributed by atoms with Crippen LogP contribution in [0.5, 0.6) is 0 Å². The molecule has 0 aliphatic carbocycles. The Bertz CT molecular complexity index is 1330.